The largest absolute Gasteiger partial charge is 0.472 e. The number of quaternary nitrogens is 1. The maximum Gasteiger partial charge on any atom is 0.472 e. The molecule has 1 amide bonds. The lowest BCUT2D eigenvalue weighted by Crippen LogP contribution is -2.45. The normalized spacial score (nSPS) is 14.5. The summed E-state index contributed by atoms with van der Waals surface area (Å²) < 4.78 is 23.5. The molecule has 0 rings (SSSR count). The molecule has 3 unspecified atom stereocenters. The highest BCUT2D eigenvalue weighted by Gasteiger charge is 2.27. The lowest BCUT2D eigenvalue weighted by atomic mass is 10.0. The van der Waals surface area contributed by atoms with Crippen molar-refractivity contribution in [2.24, 2.45) is 0 Å². The first-order valence-corrected chi connectivity index (χ1v) is 23.6. The predicted molar refractivity (Wildman–Crippen MR) is 222 cm³/mol. The Morgan fingerprint density at radius 1 is 0.635 bits per heavy atom. The Morgan fingerprint density at radius 3 is 1.42 bits per heavy atom. The Kier molecular flexibility index (Phi) is 35.4. The summed E-state index contributed by atoms with van der Waals surface area (Å²) in [5, 5.41) is 13.8. The number of hydrogen-bond acceptors (Lipinski definition) is 5. The van der Waals surface area contributed by atoms with Crippen LogP contribution in [0.25, 0.3) is 0 Å². The molecule has 3 N–H and O–H groups in total. The molecule has 0 aliphatic heterocycles. The smallest absolute Gasteiger partial charge is 0.387 e. The monoisotopic (exact) mass is 760 g/mol. The van der Waals surface area contributed by atoms with E-state index in [1.54, 1.807) is 6.08 Å². The molecule has 0 radical (unpaired) electrons. The van der Waals surface area contributed by atoms with Crippen molar-refractivity contribution in [3.63, 3.8) is 0 Å². The van der Waals surface area contributed by atoms with Crippen LogP contribution in [0.15, 0.2) is 12.2 Å². The van der Waals surface area contributed by atoms with Gasteiger partial charge in [0.05, 0.1) is 39.9 Å². The molecule has 0 heterocycles. The van der Waals surface area contributed by atoms with E-state index >= 15 is 0 Å². The van der Waals surface area contributed by atoms with Crippen molar-refractivity contribution in [3.05, 3.63) is 12.2 Å². The van der Waals surface area contributed by atoms with E-state index in [2.05, 4.69) is 19.2 Å². The van der Waals surface area contributed by atoms with E-state index in [0.29, 0.717) is 17.4 Å². The Hall–Kier alpha value is -0.760. The van der Waals surface area contributed by atoms with Gasteiger partial charge in [-0.2, -0.15) is 0 Å². The number of carbonyl (C=O) groups excluding carboxylic acids is 1. The number of unbranched alkanes of at least 4 members (excludes halogenated alkanes) is 27. The molecule has 3 atom stereocenters. The number of carbonyl (C=O) groups is 1. The van der Waals surface area contributed by atoms with Gasteiger partial charge in [-0.25, -0.2) is 4.57 Å². The van der Waals surface area contributed by atoms with Gasteiger partial charge in [-0.3, -0.25) is 13.8 Å². The molecule has 0 spiro atoms. The number of phosphoric acid groups is 1. The van der Waals surface area contributed by atoms with Crippen molar-refractivity contribution in [2.45, 2.75) is 219 Å². The highest BCUT2D eigenvalue weighted by molar-refractivity contribution is 7.47. The second-order valence-corrected chi connectivity index (χ2v) is 17.9. The third kappa shape index (κ3) is 37.6. The Balaban J connectivity index is 4.37. The second kappa shape index (κ2) is 35.9. The van der Waals surface area contributed by atoms with Gasteiger partial charge >= 0.3 is 7.82 Å². The van der Waals surface area contributed by atoms with Crippen LogP contribution in [0.1, 0.15) is 206 Å². The predicted octanol–water partition coefficient (Wildman–Crippen LogP) is 12.0. The lowest BCUT2D eigenvalue weighted by molar-refractivity contribution is -0.870. The molecule has 0 bridgehead atoms. The van der Waals surface area contributed by atoms with Crippen LogP contribution in [-0.2, 0) is 18.4 Å². The minimum atomic E-state index is -4.33. The van der Waals surface area contributed by atoms with Gasteiger partial charge in [0.1, 0.15) is 13.2 Å². The number of phosphoric ester groups is 1. The summed E-state index contributed by atoms with van der Waals surface area (Å²) in [5.74, 6) is -0.177. The minimum Gasteiger partial charge on any atom is -0.387 e. The van der Waals surface area contributed by atoms with Crippen molar-refractivity contribution in [1.29, 1.82) is 0 Å². The van der Waals surface area contributed by atoms with Crippen LogP contribution in [0.5, 0.6) is 0 Å². The number of rotatable bonds is 40. The highest BCUT2D eigenvalue weighted by atomic mass is 31.2. The molecule has 0 aliphatic carbocycles. The van der Waals surface area contributed by atoms with E-state index in [-0.39, 0.29) is 19.1 Å². The zero-order valence-corrected chi connectivity index (χ0v) is 36.0. The van der Waals surface area contributed by atoms with E-state index in [4.69, 9.17) is 9.05 Å². The third-order valence-electron chi connectivity index (χ3n) is 10.0. The molecule has 8 nitrogen and oxygen atoms in total. The van der Waals surface area contributed by atoms with E-state index in [9.17, 15) is 19.4 Å². The van der Waals surface area contributed by atoms with Crippen LogP contribution in [0.4, 0.5) is 0 Å². The number of hydrogen-bond donors (Lipinski definition) is 3. The standard InChI is InChI=1S/C43H87N2O6P/c1-6-8-10-12-14-16-18-19-20-21-22-23-24-25-27-28-30-32-34-36-42(46)41(40-51-52(48,49)50-39-38-45(3,4)5)44-43(47)37-35-33-31-29-26-17-15-13-11-9-7-2/h34,36,41-42,46H,6-33,35,37-40H2,1-5H3,(H-,44,47,48,49)/p+1/b36-34+. The first-order chi connectivity index (χ1) is 25.0. The summed E-state index contributed by atoms with van der Waals surface area (Å²) in [5.41, 5.74) is 0. The molecule has 0 aromatic carbocycles. The summed E-state index contributed by atoms with van der Waals surface area (Å²) in [6, 6.07) is -0.838. The molecule has 0 aromatic heterocycles. The van der Waals surface area contributed by atoms with Gasteiger partial charge in [-0.1, -0.05) is 193 Å². The number of allylic oxidation sites excluding steroid dienone is 1. The lowest BCUT2D eigenvalue weighted by Gasteiger charge is -2.25. The average Bonchev–Trinajstić information content (AvgIpc) is 3.09. The molecule has 9 heteroatoms. The van der Waals surface area contributed by atoms with E-state index < -0.39 is 20.0 Å². The summed E-state index contributed by atoms with van der Waals surface area (Å²) in [4.78, 5) is 23.0. The zero-order chi connectivity index (χ0) is 38.6. The Labute approximate surface area is 322 Å². The first-order valence-electron chi connectivity index (χ1n) is 22.1. The fourth-order valence-corrected chi connectivity index (χ4v) is 7.19. The SMILES string of the molecule is CCCCCCCCCCCCCCCCCCC/C=C/C(O)C(COP(=O)(O)OCC[N+](C)(C)C)NC(=O)CCCCCCCCCCCCC. The number of aliphatic hydroxyl groups excluding tert-OH is 1. The van der Waals surface area contributed by atoms with Crippen molar-refractivity contribution in [1.82, 2.24) is 5.32 Å². The van der Waals surface area contributed by atoms with Crippen molar-refractivity contribution in [3.8, 4) is 0 Å². The molecule has 0 fully saturated rings. The number of nitrogens with zero attached hydrogens (tertiary/aromatic N) is 1. The van der Waals surface area contributed by atoms with Gasteiger partial charge in [-0.05, 0) is 19.3 Å². The van der Waals surface area contributed by atoms with E-state index in [1.807, 2.05) is 27.2 Å². The topological polar surface area (TPSA) is 105 Å². The van der Waals surface area contributed by atoms with Crippen molar-refractivity contribution < 1.29 is 32.9 Å². The molecule has 0 saturated heterocycles. The average molecular weight is 760 g/mol. The molecule has 0 saturated carbocycles. The van der Waals surface area contributed by atoms with Gasteiger partial charge < -0.3 is 19.8 Å². The molecule has 0 aliphatic rings. The van der Waals surface area contributed by atoms with Crippen molar-refractivity contribution in [2.75, 3.05) is 40.9 Å². The summed E-state index contributed by atoms with van der Waals surface area (Å²) in [6.07, 6.45) is 39.9. The highest BCUT2D eigenvalue weighted by Crippen LogP contribution is 2.43. The molecule has 52 heavy (non-hydrogen) atoms. The maximum atomic E-state index is 12.8. The summed E-state index contributed by atoms with van der Waals surface area (Å²) >= 11 is 0. The van der Waals surface area contributed by atoms with Gasteiger partial charge in [0.15, 0.2) is 0 Å². The van der Waals surface area contributed by atoms with Crippen LogP contribution >= 0.6 is 7.82 Å². The summed E-state index contributed by atoms with van der Waals surface area (Å²) in [7, 11) is 1.58. The van der Waals surface area contributed by atoms with Gasteiger partial charge in [0, 0.05) is 6.42 Å². The third-order valence-corrected chi connectivity index (χ3v) is 11.0. The van der Waals surface area contributed by atoms with Crippen LogP contribution in [-0.4, -0.2) is 73.4 Å². The maximum absolute atomic E-state index is 12.8. The van der Waals surface area contributed by atoms with E-state index in [0.717, 1.165) is 32.1 Å². The zero-order valence-electron chi connectivity index (χ0n) is 35.1. The molecule has 0 aromatic rings. The minimum absolute atomic E-state index is 0.0645. The second-order valence-electron chi connectivity index (χ2n) is 16.4. The first kappa shape index (κ1) is 51.2. The number of aliphatic hydroxyl groups is 1. The quantitative estimate of drug-likeness (QED) is 0.0249. The molecule has 310 valence electrons. The van der Waals surface area contributed by atoms with Gasteiger partial charge in [0.25, 0.3) is 0 Å². The number of likely N-dealkylation sites (N-methyl/N-ethyl adjacent to an activating group) is 1. The fraction of sp³-hybridized carbons (Fsp3) is 0.930. The Morgan fingerprint density at radius 2 is 1.02 bits per heavy atom. The number of amides is 1. The van der Waals surface area contributed by atoms with Crippen LogP contribution < -0.4 is 5.32 Å². The fourth-order valence-electron chi connectivity index (χ4n) is 6.45. The van der Waals surface area contributed by atoms with Crippen LogP contribution in [0.3, 0.4) is 0 Å². The molecular formula is C43H88N2O6P+. The van der Waals surface area contributed by atoms with Gasteiger partial charge in [0.2, 0.25) is 5.91 Å². The number of nitrogens with one attached hydrogen (secondary N) is 1. The van der Waals surface area contributed by atoms with E-state index in [1.165, 1.54) is 154 Å². The van der Waals surface area contributed by atoms with Crippen LogP contribution in [0.2, 0.25) is 0 Å². The van der Waals surface area contributed by atoms with Crippen LogP contribution in [0, 0.1) is 0 Å². The van der Waals surface area contributed by atoms with Crippen molar-refractivity contribution >= 4 is 13.7 Å². The summed E-state index contributed by atoms with van der Waals surface area (Å²) in [6.45, 7) is 4.81. The molecular weight excluding hydrogens is 671 g/mol. The van der Waals surface area contributed by atoms with Gasteiger partial charge in [-0.15, -0.1) is 0 Å². The Bertz CT molecular complexity index is 865.